The zero-order chi connectivity index (χ0) is 15.3. The Labute approximate surface area is 157 Å². The molecule has 2 fully saturated rings. The number of hydrogen-bond donors (Lipinski definition) is 0. The summed E-state index contributed by atoms with van der Waals surface area (Å²) in [4.78, 5) is 5.05. The predicted molar refractivity (Wildman–Crippen MR) is 107 cm³/mol. The van der Waals surface area contributed by atoms with Crippen molar-refractivity contribution >= 4 is 24.8 Å². The van der Waals surface area contributed by atoms with E-state index in [0.29, 0.717) is 10.8 Å². The summed E-state index contributed by atoms with van der Waals surface area (Å²) >= 11 is 0. The van der Waals surface area contributed by atoms with Crippen LogP contribution in [0.15, 0.2) is 0 Å². The molecule has 0 aromatic rings. The lowest BCUT2D eigenvalue weighted by atomic mass is 9.60. The van der Waals surface area contributed by atoms with E-state index in [9.17, 15) is 0 Å². The molecule has 0 radical (unpaired) electrons. The van der Waals surface area contributed by atoms with E-state index in [2.05, 4.69) is 37.7 Å². The average Bonchev–Trinajstić information content (AvgIpc) is 2.85. The highest BCUT2D eigenvalue weighted by molar-refractivity contribution is 5.85. The third-order valence-corrected chi connectivity index (χ3v) is 6.31. The number of likely N-dealkylation sites (N-methyl/N-ethyl adjacent to an activating group) is 1. The van der Waals surface area contributed by atoms with E-state index in [1.807, 2.05) is 0 Å². The van der Waals surface area contributed by atoms with Gasteiger partial charge in [-0.2, -0.15) is 0 Å². The molecule has 2 nitrogen and oxygen atoms in total. The van der Waals surface area contributed by atoms with Crippen LogP contribution in [-0.2, 0) is 0 Å². The van der Waals surface area contributed by atoms with Crippen molar-refractivity contribution in [1.29, 1.82) is 0 Å². The highest BCUT2D eigenvalue weighted by Crippen LogP contribution is 2.53. The van der Waals surface area contributed by atoms with E-state index >= 15 is 0 Å². The van der Waals surface area contributed by atoms with E-state index in [1.54, 1.807) is 0 Å². The highest BCUT2D eigenvalue weighted by atomic mass is 35.5. The fourth-order valence-corrected chi connectivity index (χ4v) is 4.96. The Kier molecular flexibility index (Phi) is 10.7. The molecular weight excluding hydrogens is 327 g/mol. The number of rotatable bonds is 7. The Balaban J connectivity index is 0.00000242. The zero-order valence-corrected chi connectivity index (χ0v) is 17.5. The van der Waals surface area contributed by atoms with E-state index in [4.69, 9.17) is 0 Å². The summed E-state index contributed by atoms with van der Waals surface area (Å²) in [5.74, 6) is 0. The molecule has 0 aromatic carbocycles. The molecule has 2 aliphatic rings. The van der Waals surface area contributed by atoms with Crippen molar-refractivity contribution in [3.63, 3.8) is 0 Å². The van der Waals surface area contributed by atoms with Crippen molar-refractivity contribution in [3.05, 3.63) is 0 Å². The summed E-state index contributed by atoms with van der Waals surface area (Å²) in [7, 11) is 4.38. The summed E-state index contributed by atoms with van der Waals surface area (Å²) in [6, 6.07) is 0. The van der Waals surface area contributed by atoms with Gasteiger partial charge >= 0.3 is 0 Å². The molecule has 1 saturated carbocycles. The molecule has 1 aliphatic heterocycles. The first-order valence-electron chi connectivity index (χ1n) is 9.40. The number of halogens is 2. The molecule has 0 aromatic heterocycles. The van der Waals surface area contributed by atoms with Gasteiger partial charge in [0, 0.05) is 19.6 Å². The molecule has 0 amide bonds. The van der Waals surface area contributed by atoms with Gasteiger partial charge < -0.3 is 9.80 Å². The fraction of sp³-hybridized carbons (Fsp3) is 1.00. The summed E-state index contributed by atoms with van der Waals surface area (Å²) < 4.78 is 0. The van der Waals surface area contributed by atoms with E-state index in [0.717, 1.165) is 0 Å². The van der Waals surface area contributed by atoms with Gasteiger partial charge in [0.1, 0.15) is 0 Å². The fourth-order valence-electron chi connectivity index (χ4n) is 4.96. The highest BCUT2D eigenvalue weighted by Gasteiger charge is 2.44. The second-order valence-corrected chi connectivity index (χ2v) is 8.33. The summed E-state index contributed by atoms with van der Waals surface area (Å²) in [6.07, 6.45) is 13.2. The Morgan fingerprint density at radius 1 is 0.870 bits per heavy atom. The van der Waals surface area contributed by atoms with Crippen molar-refractivity contribution in [2.75, 3.05) is 40.3 Å². The lowest BCUT2D eigenvalue weighted by molar-refractivity contribution is 0.0643. The van der Waals surface area contributed by atoms with E-state index < -0.39 is 0 Å². The lowest BCUT2D eigenvalue weighted by Gasteiger charge is -2.45. The van der Waals surface area contributed by atoms with Crippen LogP contribution in [0.2, 0.25) is 0 Å². The van der Waals surface area contributed by atoms with Gasteiger partial charge in [-0.3, -0.25) is 0 Å². The largest absolute Gasteiger partial charge is 0.308 e. The first-order chi connectivity index (χ1) is 10.0. The molecule has 1 spiro atoms. The van der Waals surface area contributed by atoms with Crippen LogP contribution in [0.4, 0.5) is 0 Å². The quantitative estimate of drug-likeness (QED) is 0.607. The van der Waals surface area contributed by atoms with Gasteiger partial charge in [0.15, 0.2) is 0 Å². The minimum absolute atomic E-state index is 0. The summed E-state index contributed by atoms with van der Waals surface area (Å²) in [6.45, 7) is 9.97. The van der Waals surface area contributed by atoms with Crippen molar-refractivity contribution in [1.82, 2.24) is 9.80 Å². The molecule has 0 N–H and O–H groups in total. The van der Waals surface area contributed by atoms with Gasteiger partial charge in [-0.1, -0.05) is 26.7 Å². The zero-order valence-electron chi connectivity index (χ0n) is 15.9. The number of likely N-dealkylation sites (tertiary alicyclic amines) is 1. The first-order valence-corrected chi connectivity index (χ1v) is 9.40. The summed E-state index contributed by atoms with van der Waals surface area (Å²) in [5.41, 5.74) is 1.41. The molecule has 4 heteroatoms. The monoisotopic (exact) mass is 366 g/mol. The normalized spacial score (nSPS) is 22.8. The molecule has 0 bridgehead atoms. The molecule has 0 unspecified atom stereocenters. The maximum atomic E-state index is 2.73. The van der Waals surface area contributed by atoms with Gasteiger partial charge in [0.25, 0.3) is 0 Å². The van der Waals surface area contributed by atoms with Crippen molar-refractivity contribution < 1.29 is 0 Å². The van der Waals surface area contributed by atoms with Crippen LogP contribution in [0.1, 0.15) is 71.6 Å². The van der Waals surface area contributed by atoms with E-state index in [1.165, 1.54) is 84.0 Å². The Hall–Kier alpha value is 0.500. The van der Waals surface area contributed by atoms with Crippen LogP contribution in [0, 0.1) is 10.8 Å². The van der Waals surface area contributed by atoms with E-state index in [-0.39, 0.29) is 24.8 Å². The minimum atomic E-state index is 0. The molecule has 23 heavy (non-hydrogen) atoms. The SMILES string of the molecule is CCCC1(CCC)CCC2(CCN(CCN(C)C)C2)CC1.Cl.Cl. The smallest absolute Gasteiger partial charge is 0.0109 e. The first kappa shape index (κ1) is 23.5. The second kappa shape index (κ2) is 10.5. The number of hydrogen-bond acceptors (Lipinski definition) is 2. The lowest BCUT2D eigenvalue weighted by Crippen LogP contribution is -2.37. The Morgan fingerprint density at radius 2 is 1.43 bits per heavy atom. The maximum Gasteiger partial charge on any atom is 0.0109 e. The summed E-state index contributed by atoms with van der Waals surface area (Å²) in [5, 5.41) is 0. The molecule has 1 saturated heterocycles. The number of nitrogens with zero attached hydrogens (tertiary/aromatic N) is 2. The van der Waals surface area contributed by atoms with Crippen LogP contribution in [-0.4, -0.2) is 50.1 Å². The van der Waals surface area contributed by atoms with Gasteiger partial charge in [-0.15, -0.1) is 24.8 Å². The van der Waals surface area contributed by atoms with Crippen molar-refractivity contribution in [2.24, 2.45) is 10.8 Å². The van der Waals surface area contributed by atoms with Crippen LogP contribution >= 0.6 is 24.8 Å². The third-order valence-electron chi connectivity index (χ3n) is 6.31. The predicted octanol–water partition coefficient (Wildman–Crippen LogP) is 5.24. The second-order valence-electron chi connectivity index (χ2n) is 8.33. The minimum Gasteiger partial charge on any atom is -0.308 e. The average molecular weight is 367 g/mol. The topological polar surface area (TPSA) is 6.48 Å². The van der Waals surface area contributed by atoms with Crippen molar-refractivity contribution in [3.8, 4) is 0 Å². The standard InChI is InChI=1S/C19H38N2.2ClH/c1-5-7-18(8-6-2)9-11-19(12-10-18)13-14-21(17-19)16-15-20(3)4;;/h5-17H2,1-4H3;2*1H. The molecule has 140 valence electrons. The molecular formula is C19H40Cl2N2. The van der Waals surface area contributed by atoms with Crippen LogP contribution in [0.5, 0.6) is 0 Å². The van der Waals surface area contributed by atoms with Gasteiger partial charge in [-0.25, -0.2) is 0 Å². The molecule has 1 heterocycles. The van der Waals surface area contributed by atoms with Gasteiger partial charge in [0.2, 0.25) is 0 Å². The van der Waals surface area contributed by atoms with Gasteiger partial charge in [0.05, 0.1) is 0 Å². The Bertz CT molecular complexity index is 304. The maximum absolute atomic E-state index is 2.73. The van der Waals surface area contributed by atoms with Gasteiger partial charge in [-0.05, 0) is 76.4 Å². The molecule has 2 rings (SSSR count). The Morgan fingerprint density at radius 3 is 1.91 bits per heavy atom. The van der Waals surface area contributed by atoms with Crippen LogP contribution in [0.3, 0.4) is 0 Å². The van der Waals surface area contributed by atoms with Crippen molar-refractivity contribution in [2.45, 2.75) is 71.6 Å². The molecule has 1 aliphatic carbocycles. The van der Waals surface area contributed by atoms with Crippen LogP contribution < -0.4 is 0 Å². The van der Waals surface area contributed by atoms with Crippen LogP contribution in [0.25, 0.3) is 0 Å². The molecule has 0 atom stereocenters. The third kappa shape index (κ3) is 6.38.